The van der Waals surface area contributed by atoms with Crippen molar-refractivity contribution in [3.8, 4) is 0 Å². The molecule has 0 saturated carbocycles. The summed E-state index contributed by atoms with van der Waals surface area (Å²) in [7, 11) is 1.27. The van der Waals surface area contributed by atoms with Gasteiger partial charge in [0.1, 0.15) is 11.6 Å². The molecule has 3 rings (SSSR count). The molecular weight excluding hydrogens is 352 g/mol. The summed E-state index contributed by atoms with van der Waals surface area (Å²) < 4.78 is 31.0. The van der Waals surface area contributed by atoms with E-state index in [1.54, 1.807) is 36.4 Å². The fourth-order valence-corrected chi connectivity index (χ4v) is 2.82. The van der Waals surface area contributed by atoms with Crippen molar-refractivity contribution >= 4 is 24.0 Å². The standard InChI is InChI=1S/C21H17F2NO3/c1-27-21(26)24-12-16(10-14-2-6-18(22)7-3-14)20(25)17(13-24)11-15-4-8-19(23)9-5-15/h2-11H,12-13H2,1H3. The van der Waals surface area contributed by atoms with Gasteiger partial charge in [0.2, 0.25) is 0 Å². The van der Waals surface area contributed by atoms with E-state index in [2.05, 4.69) is 0 Å². The third kappa shape index (κ3) is 4.47. The smallest absolute Gasteiger partial charge is 0.410 e. The number of amides is 1. The van der Waals surface area contributed by atoms with E-state index in [1.807, 2.05) is 0 Å². The minimum Gasteiger partial charge on any atom is -0.453 e. The maximum absolute atomic E-state index is 13.1. The van der Waals surface area contributed by atoms with Gasteiger partial charge in [0, 0.05) is 11.1 Å². The number of likely N-dealkylation sites (tertiary alicyclic amines) is 1. The molecule has 138 valence electrons. The van der Waals surface area contributed by atoms with E-state index in [1.165, 1.54) is 36.3 Å². The molecule has 0 aliphatic carbocycles. The average Bonchev–Trinajstić information content (AvgIpc) is 2.67. The zero-order valence-corrected chi connectivity index (χ0v) is 14.6. The van der Waals surface area contributed by atoms with E-state index in [4.69, 9.17) is 4.74 Å². The Bertz CT molecular complexity index is 848. The van der Waals surface area contributed by atoms with Crippen LogP contribution in [0.5, 0.6) is 0 Å². The molecule has 2 aromatic carbocycles. The zero-order chi connectivity index (χ0) is 19.4. The summed E-state index contributed by atoms with van der Waals surface area (Å²) in [5.41, 5.74) is 2.05. The number of rotatable bonds is 2. The number of carbonyl (C=O) groups excluding carboxylic acids is 2. The minimum atomic E-state index is -0.558. The van der Waals surface area contributed by atoms with Crippen molar-refractivity contribution < 1.29 is 23.1 Å². The van der Waals surface area contributed by atoms with E-state index >= 15 is 0 Å². The Morgan fingerprint density at radius 2 is 1.30 bits per heavy atom. The van der Waals surface area contributed by atoms with Crippen molar-refractivity contribution in [1.82, 2.24) is 4.90 Å². The molecule has 1 fully saturated rings. The van der Waals surface area contributed by atoms with Crippen molar-refractivity contribution in [2.45, 2.75) is 0 Å². The molecule has 1 heterocycles. The van der Waals surface area contributed by atoms with E-state index in [9.17, 15) is 18.4 Å². The second-order valence-electron chi connectivity index (χ2n) is 6.10. The Morgan fingerprint density at radius 3 is 1.67 bits per heavy atom. The van der Waals surface area contributed by atoms with Gasteiger partial charge in [0.25, 0.3) is 0 Å². The number of benzene rings is 2. The number of methoxy groups -OCH3 is 1. The number of carbonyl (C=O) groups is 2. The Morgan fingerprint density at radius 1 is 0.889 bits per heavy atom. The molecule has 1 aliphatic rings. The van der Waals surface area contributed by atoms with Gasteiger partial charge in [-0.15, -0.1) is 0 Å². The summed E-state index contributed by atoms with van der Waals surface area (Å²) in [6.45, 7) is 0.174. The van der Waals surface area contributed by atoms with Crippen LogP contribution in [0.25, 0.3) is 12.2 Å². The van der Waals surface area contributed by atoms with Crippen molar-refractivity contribution in [1.29, 1.82) is 0 Å². The number of hydrogen-bond acceptors (Lipinski definition) is 3. The van der Waals surface area contributed by atoms with Gasteiger partial charge in [0.15, 0.2) is 5.78 Å². The molecule has 0 radical (unpaired) electrons. The second kappa shape index (κ2) is 7.95. The molecule has 2 aromatic rings. The normalized spacial score (nSPS) is 17.4. The molecule has 4 nitrogen and oxygen atoms in total. The summed E-state index contributed by atoms with van der Waals surface area (Å²) in [4.78, 5) is 26.3. The van der Waals surface area contributed by atoms with Crippen LogP contribution >= 0.6 is 0 Å². The largest absolute Gasteiger partial charge is 0.453 e. The van der Waals surface area contributed by atoms with Gasteiger partial charge in [-0.05, 0) is 47.5 Å². The van der Waals surface area contributed by atoms with Crippen LogP contribution in [-0.4, -0.2) is 37.0 Å². The third-order valence-electron chi connectivity index (χ3n) is 4.16. The van der Waals surface area contributed by atoms with Crippen LogP contribution < -0.4 is 0 Å². The highest BCUT2D eigenvalue weighted by Gasteiger charge is 2.29. The number of halogens is 2. The van der Waals surface area contributed by atoms with Crippen molar-refractivity contribution in [3.05, 3.63) is 82.4 Å². The summed E-state index contributed by atoms with van der Waals surface area (Å²) in [6.07, 6.45) is 2.68. The summed E-state index contributed by atoms with van der Waals surface area (Å²) in [5.74, 6) is -0.968. The van der Waals surface area contributed by atoms with Gasteiger partial charge in [-0.3, -0.25) is 9.69 Å². The predicted molar refractivity (Wildman–Crippen MR) is 97.7 cm³/mol. The molecule has 0 unspecified atom stereocenters. The summed E-state index contributed by atoms with van der Waals surface area (Å²) in [5, 5.41) is 0. The number of nitrogens with zero attached hydrogens (tertiary/aromatic N) is 1. The topological polar surface area (TPSA) is 46.6 Å². The number of piperidine rings is 1. The molecule has 0 aromatic heterocycles. The van der Waals surface area contributed by atoms with E-state index in [0.717, 1.165) is 0 Å². The third-order valence-corrected chi connectivity index (χ3v) is 4.16. The van der Waals surface area contributed by atoms with Crippen LogP contribution in [0, 0.1) is 11.6 Å². The molecular formula is C21H17F2NO3. The molecule has 0 bridgehead atoms. The fraction of sp³-hybridized carbons (Fsp3) is 0.143. The number of ketones is 1. The van der Waals surface area contributed by atoms with Crippen LogP contribution in [0.15, 0.2) is 59.7 Å². The van der Waals surface area contributed by atoms with Crippen LogP contribution in [0.3, 0.4) is 0 Å². The van der Waals surface area contributed by atoms with Gasteiger partial charge in [0.05, 0.1) is 20.2 Å². The van der Waals surface area contributed by atoms with Gasteiger partial charge in [-0.2, -0.15) is 0 Å². The molecule has 6 heteroatoms. The van der Waals surface area contributed by atoms with Gasteiger partial charge < -0.3 is 4.74 Å². The summed E-state index contributed by atoms with van der Waals surface area (Å²) in [6, 6.07) is 11.4. The lowest BCUT2D eigenvalue weighted by Crippen LogP contribution is -2.41. The first-order valence-corrected chi connectivity index (χ1v) is 8.26. The highest BCUT2D eigenvalue weighted by molar-refractivity contribution is 6.15. The monoisotopic (exact) mass is 369 g/mol. The lowest BCUT2D eigenvalue weighted by atomic mass is 9.94. The number of Topliss-reactive ketones (excluding diaryl/α,β-unsaturated/α-hetero) is 1. The fourth-order valence-electron chi connectivity index (χ4n) is 2.82. The highest BCUT2D eigenvalue weighted by Crippen LogP contribution is 2.23. The molecule has 0 N–H and O–H groups in total. The summed E-state index contributed by atoms with van der Waals surface area (Å²) >= 11 is 0. The first-order valence-electron chi connectivity index (χ1n) is 8.26. The first-order chi connectivity index (χ1) is 13.0. The zero-order valence-electron chi connectivity index (χ0n) is 14.6. The maximum Gasteiger partial charge on any atom is 0.410 e. The SMILES string of the molecule is COC(=O)N1CC(=Cc2ccc(F)cc2)C(=O)C(=Cc2ccc(F)cc2)C1. The Balaban J connectivity index is 1.97. The number of ether oxygens (including phenoxy) is 1. The maximum atomic E-state index is 13.1. The van der Waals surface area contributed by atoms with Gasteiger partial charge in [-0.25, -0.2) is 13.6 Å². The average molecular weight is 369 g/mol. The lowest BCUT2D eigenvalue weighted by molar-refractivity contribution is -0.113. The highest BCUT2D eigenvalue weighted by atomic mass is 19.1. The van der Waals surface area contributed by atoms with Crippen molar-refractivity contribution in [3.63, 3.8) is 0 Å². The van der Waals surface area contributed by atoms with Crippen LogP contribution in [0.4, 0.5) is 13.6 Å². The van der Waals surface area contributed by atoms with E-state index < -0.39 is 6.09 Å². The van der Waals surface area contributed by atoms with Crippen LogP contribution in [-0.2, 0) is 9.53 Å². The Kier molecular flexibility index (Phi) is 5.45. The number of hydrogen-bond donors (Lipinski definition) is 0. The van der Waals surface area contributed by atoms with E-state index in [-0.39, 0.29) is 30.5 Å². The first kappa shape index (κ1) is 18.5. The van der Waals surface area contributed by atoms with Crippen LogP contribution in [0.2, 0.25) is 0 Å². The lowest BCUT2D eigenvalue weighted by Gasteiger charge is -2.28. The molecule has 0 spiro atoms. The molecule has 1 saturated heterocycles. The van der Waals surface area contributed by atoms with Crippen molar-refractivity contribution in [2.75, 3.05) is 20.2 Å². The Labute approximate surface area is 155 Å². The second-order valence-corrected chi connectivity index (χ2v) is 6.10. The molecule has 1 amide bonds. The Hall–Kier alpha value is -3.28. The van der Waals surface area contributed by atoms with Crippen LogP contribution in [0.1, 0.15) is 11.1 Å². The minimum absolute atomic E-state index is 0.0869. The molecule has 27 heavy (non-hydrogen) atoms. The molecule has 0 atom stereocenters. The predicted octanol–water partition coefficient (Wildman–Crippen LogP) is 4.08. The quantitative estimate of drug-likeness (QED) is 0.750. The van der Waals surface area contributed by atoms with Crippen molar-refractivity contribution in [2.24, 2.45) is 0 Å². The molecule has 1 aliphatic heterocycles. The van der Waals surface area contributed by atoms with Gasteiger partial charge in [-0.1, -0.05) is 24.3 Å². The van der Waals surface area contributed by atoms with E-state index in [0.29, 0.717) is 22.3 Å². The van der Waals surface area contributed by atoms with Gasteiger partial charge >= 0.3 is 6.09 Å².